The number of aromatic nitrogens is 4. The molecule has 0 bridgehead atoms. The molecule has 0 unspecified atom stereocenters. The Hall–Kier alpha value is -3.35. The van der Waals surface area contributed by atoms with Crippen LogP contribution in [0.1, 0.15) is 10.4 Å². The van der Waals surface area contributed by atoms with Gasteiger partial charge >= 0.3 is 5.97 Å². The van der Waals surface area contributed by atoms with Gasteiger partial charge in [0, 0.05) is 24.8 Å². The van der Waals surface area contributed by atoms with Gasteiger partial charge < -0.3 is 10.2 Å². The van der Waals surface area contributed by atoms with E-state index in [1.807, 2.05) is 0 Å². The standard InChI is InChI=1S/C7H6O3.2C4H4N2/c8-6-4-2-1-3-5(6)7(9)10;2*1-2-5-4-6-3-1/h1-4,8H,(H,9,10);2*1-4H. The number of aromatic carboxylic acids is 1. The third-order valence-electron chi connectivity index (χ3n) is 2.09. The maximum absolute atomic E-state index is 10.3. The lowest BCUT2D eigenvalue weighted by Gasteiger charge is -1.95. The molecular formula is C15H14N4O3. The van der Waals surface area contributed by atoms with E-state index in [9.17, 15) is 4.79 Å². The van der Waals surface area contributed by atoms with Crippen molar-refractivity contribution >= 4 is 5.97 Å². The van der Waals surface area contributed by atoms with E-state index < -0.39 is 5.97 Å². The van der Waals surface area contributed by atoms with Gasteiger partial charge in [-0.1, -0.05) is 12.1 Å². The van der Waals surface area contributed by atoms with Gasteiger partial charge in [0.15, 0.2) is 0 Å². The molecule has 0 aliphatic carbocycles. The number of carboxylic acids is 1. The summed E-state index contributed by atoms with van der Waals surface area (Å²) in [5, 5.41) is 17.3. The van der Waals surface area contributed by atoms with Crippen LogP contribution in [0.5, 0.6) is 5.75 Å². The Bertz CT molecular complexity index is 566. The van der Waals surface area contributed by atoms with Crippen LogP contribution < -0.4 is 0 Å². The monoisotopic (exact) mass is 298 g/mol. The van der Waals surface area contributed by atoms with Gasteiger partial charge in [0.25, 0.3) is 0 Å². The number of carboxylic acid groups (broad SMARTS) is 1. The van der Waals surface area contributed by atoms with Gasteiger partial charge in [-0.05, 0) is 24.3 Å². The van der Waals surface area contributed by atoms with Crippen molar-refractivity contribution < 1.29 is 15.0 Å². The molecule has 0 aliphatic heterocycles. The van der Waals surface area contributed by atoms with Crippen molar-refractivity contribution in [2.45, 2.75) is 0 Å². The van der Waals surface area contributed by atoms with Crippen LogP contribution in [0.3, 0.4) is 0 Å². The smallest absolute Gasteiger partial charge is 0.339 e. The molecule has 0 spiro atoms. The summed E-state index contributed by atoms with van der Waals surface area (Å²) in [6, 6.07) is 9.37. The summed E-state index contributed by atoms with van der Waals surface area (Å²) < 4.78 is 0. The van der Waals surface area contributed by atoms with Crippen LogP contribution in [-0.4, -0.2) is 36.1 Å². The zero-order chi connectivity index (χ0) is 16.0. The second-order valence-corrected chi connectivity index (χ2v) is 3.63. The molecule has 2 aromatic heterocycles. The minimum Gasteiger partial charge on any atom is -0.507 e. The van der Waals surface area contributed by atoms with E-state index in [4.69, 9.17) is 10.2 Å². The second kappa shape index (κ2) is 10.4. The van der Waals surface area contributed by atoms with Crippen LogP contribution >= 0.6 is 0 Å². The number of benzene rings is 1. The van der Waals surface area contributed by atoms with Gasteiger partial charge in [-0.3, -0.25) is 0 Å². The first-order chi connectivity index (χ1) is 10.7. The minimum atomic E-state index is -1.11. The Balaban J connectivity index is 0.000000174. The number of hydrogen-bond acceptors (Lipinski definition) is 6. The number of aromatic hydroxyl groups is 1. The highest BCUT2D eigenvalue weighted by atomic mass is 16.4. The predicted octanol–water partition coefficient (Wildman–Crippen LogP) is 2.04. The van der Waals surface area contributed by atoms with Crippen molar-refractivity contribution in [1.29, 1.82) is 0 Å². The van der Waals surface area contributed by atoms with E-state index in [2.05, 4.69) is 19.9 Å². The maximum atomic E-state index is 10.3. The number of hydrogen-bond donors (Lipinski definition) is 2. The fourth-order valence-electron chi connectivity index (χ4n) is 1.16. The van der Waals surface area contributed by atoms with Crippen molar-refractivity contribution in [3.05, 3.63) is 79.4 Å². The zero-order valence-corrected chi connectivity index (χ0v) is 11.5. The normalized spacial score (nSPS) is 8.55. The maximum Gasteiger partial charge on any atom is 0.339 e. The van der Waals surface area contributed by atoms with Crippen LogP contribution in [0.2, 0.25) is 0 Å². The lowest BCUT2D eigenvalue weighted by atomic mass is 10.2. The highest BCUT2D eigenvalue weighted by Crippen LogP contribution is 2.14. The summed E-state index contributed by atoms with van der Waals surface area (Å²) in [6.45, 7) is 0. The molecule has 2 N–H and O–H groups in total. The first kappa shape index (κ1) is 16.7. The molecule has 112 valence electrons. The van der Waals surface area contributed by atoms with Gasteiger partial charge in [-0.2, -0.15) is 0 Å². The van der Waals surface area contributed by atoms with E-state index in [1.54, 1.807) is 49.1 Å². The summed E-state index contributed by atoms with van der Waals surface area (Å²) in [5.74, 6) is -1.31. The van der Waals surface area contributed by atoms with E-state index in [0.29, 0.717) is 0 Å². The molecular weight excluding hydrogens is 284 g/mol. The third-order valence-corrected chi connectivity index (χ3v) is 2.09. The molecule has 3 rings (SSSR count). The molecule has 0 fully saturated rings. The summed E-state index contributed by atoms with van der Waals surface area (Å²) in [6.07, 6.45) is 9.75. The lowest BCUT2D eigenvalue weighted by Crippen LogP contribution is -1.95. The number of rotatable bonds is 1. The molecule has 0 aliphatic rings. The van der Waals surface area contributed by atoms with Gasteiger partial charge in [-0.15, -0.1) is 0 Å². The number of nitrogens with zero attached hydrogens (tertiary/aromatic N) is 4. The summed E-state index contributed by atoms with van der Waals surface area (Å²) in [5.41, 5.74) is -0.0671. The predicted molar refractivity (Wildman–Crippen MR) is 79.1 cm³/mol. The average molecular weight is 298 g/mol. The molecule has 1 aromatic carbocycles. The Morgan fingerprint density at radius 1 is 0.773 bits per heavy atom. The first-order valence-electron chi connectivity index (χ1n) is 6.13. The molecule has 2 heterocycles. The summed E-state index contributed by atoms with van der Waals surface area (Å²) >= 11 is 0. The fourth-order valence-corrected chi connectivity index (χ4v) is 1.16. The minimum absolute atomic E-state index is 0.0671. The largest absolute Gasteiger partial charge is 0.507 e. The molecule has 0 radical (unpaired) electrons. The van der Waals surface area contributed by atoms with Crippen LogP contribution in [0.4, 0.5) is 0 Å². The summed E-state index contributed by atoms with van der Waals surface area (Å²) in [7, 11) is 0. The fraction of sp³-hybridized carbons (Fsp3) is 0. The molecule has 0 saturated carbocycles. The molecule has 7 nitrogen and oxygen atoms in total. The van der Waals surface area contributed by atoms with Crippen LogP contribution in [0, 0.1) is 0 Å². The number of para-hydroxylation sites is 1. The number of phenols is 1. The first-order valence-corrected chi connectivity index (χ1v) is 6.13. The van der Waals surface area contributed by atoms with E-state index >= 15 is 0 Å². The molecule has 3 aromatic rings. The van der Waals surface area contributed by atoms with Crippen molar-refractivity contribution in [1.82, 2.24) is 19.9 Å². The van der Waals surface area contributed by atoms with Crippen molar-refractivity contribution in [3.8, 4) is 5.75 Å². The van der Waals surface area contributed by atoms with Gasteiger partial charge in [0.1, 0.15) is 24.0 Å². The van der Waals surface area contributed by atoms with Crippen molar-refractivity contribution in [2.75, 3.05) is 0 Å². The van der Waals surface area contributed by atoms with Crippen LogP contribution in [0.15, 0.2) is 73.8 Å². The van der Waals surface area contributed by atoms with E-state index in [1.165, 1.54) is 24.8 Å². The van der Waals surface area contributed by atoms with Crippen LogP contribution in [-0.2, 0) is 0 Å². The second-order valence-electron chi connectivity index (χ2n) is 3.63. The summed E-state index contributed by atoms with van der Waals surface area (Å²) in [4.78, 5) is 25.0. The van der Waals surface area contributed by atoms with Crippen molar-refractivity contribution in [3.63, 3.8) is 0 Å². The zero-order valence-electron chi connectivity index (χ0n) is 11.5. The van der Waals surface area contributed by atoms with E-state index in [0.717, 1.165) is 0 Å². The SMILES string of the molecule is O=C(O)c1ccccc1O.c1cncnc1.c1cncnc1. The van der Waals surface area contributed by atoms with Crippen LogP contribution in [0.25, 0.3) is 0 Å². The molecule has 22 heavy (non-hydrogen) atoms. The Labute approximate surface area is 127 Å². The molecule has 0 atom stereocenters. The van der Waals surface area contributed by atoms with Gasteiger partial charge in [0.2, 0.25) is 0 Å². The highest BCUT2D eigenvalue weighted by Gasteiger charge is 2.05. The average Bonchev–Trinajstić information content (AvgIpc) is 2.59. The number of carbonyl (C=O) groups is 1. The third kappa shape index (κ3) is 7.29. The van der Waals surface area contributed by atoms with E-state index in [-0.39, 0.29) is 11.3 Å². The van der Waals surface area contributed by atoms with Gasteiger partial charge in [0.05, 0.1) is 0 Å². The highest BCUT2D eigenvalue weighted by molar-refractivity contribution is 5.90. The quantitative estimate of drug-likeness (QED) is 0.707. The molecule has 0 saturated heterocycles. The Morgan fingerprint density at radius 2 is 1.23 bits per heavy atom. The topological polar surface area (TPSA) is 109 Å². The molecule has 7 heteroatoms. The van der Waals surface area contributed by atoms with Gasteiger partial charge in [-0.25, -0.2) is 24.7 Å². The molecule has 0 amide bonds. The lowest BCUT2D eigenvalue weighted by molar-refractivity contribution is 0.0693. The van der Waals surface area contributed by atoms with Crippen molar-refractivity contribution in [2.24, 2.45) is 0 Å². The Morgan fingerprint density at radius 3 is 1.45 bits per heavy atom. The Kier molecular flexibility index (Phi) is 7.93.